The molecule has 1 aliphatic rings. The van der Waals surface area contributed by atoms with Crippen LogP contribution < -0.4 is 5.73 Å². The SMILES string of the molecule is NCc1nnc2n1CCC(c1ccccc1)CC2. The van der Waals surface area contributed by atoms with Gasteiger partial charge in [-0.05, 0) is 24.3 Å². The van der Waals surface area contributed by atoms with Crippen LogP contribution in [0.25, 0.3) is 0 Å². The highest BCUT2D eigenvalue weighted by Gasteiger charge is 2.20. The van der Waals surface area contributed by atoms with E-state index in [4.69, 9.17) is 5.73 Å². The molecule has 0 bridgehead atoms. The average Bonchev–Trinajstić information content (AvgIpc) is 2.70. The van der Waals surface area contributed by atoms with Crippen molar-refractivity contribution >= 4 is 0 Å². The van der Waals surface area contributed by atoms with E-state index in [1.54, 1.807) is 0 Å². The van der Waals surface area contributed by atoms with Gasteiger partial charge in [-0.2, -0.15) is 0 Å². The summed E-state index contributed by atoms with van der Waals surface area (Å²) < 4.78 is 2.20. The van der Waals surface area contributed by atoms with Crippen molar-refractivity contribution in [3.63, 3.8) is 0 Å². The first-order valence-corrected chi connectivity index (χ1v) is 6.54. The van der Waals surface area contributed by atoms with Gasteiger partial charge in [-0.3, -0.25) is 0 Å². The third kappa shape index (κ3) is 2.04. The highest BCUT2D eigenvalue weighted by molar-refractivity contribution is 5.20. The second-order valence-corrected chi connectivity index (χ2v) is 4.82. The highest BCUT2D eigenvalue weighted by atomic mass is 15.3. The molecule has 18 heavy (non-hydrogen) atoms. The lowest BCUT2D eigenvalue weighted by Crippen LogP contribution is -2.10. The summed E-state index contributed by atoms with van der Waals surface area (Å²) in [6.07, 6.45) is 3.28. The Bertz CT molecular complexity index is 518. The molecule has 2 N–H and O–H groups in total. The molecule has 2 aromatic rings. The predicted molar refractivity (Wildman–Crippen MR) is 70.0 cm³/mol. The van der Waals surface area contributed by atoms with Crippen LogP contribution in [0.3, 0.4) is 0 Å². The van der Waals surface area contributed by atoms with Crippen LogP contribution in [0.2, 0.25) is 0 Å². The fourth-order valence-corrected chi connectivity index (χ4v) is 2.76. The molecule has 94 valence electrons. The number of rotatable bonds is 2. The molecule has 1 unspecified atom stereocenters. The molecule has 0 radical (unpaired) electrons. The summed E-state index contributed by atoms with van der Waals surface area (Å²) in [5.41, 5.74) is 7.13. The minimum atomic E-state index is 0.475. The zero-order chi connectivity index (χ0) is 12.4. The molecular formula is C14H18N4. The Labute approximate surface area is 107 Å². The van der Waals surface area contributed by atoms with E-state index in [-0.39, 0.29) is 0 Å². The molecule has 1 atom stereocenters. The number of nitrogens with zero attached hydrogens (tertiary/aromatic N) is 3. The Morgan fingerprint density at radius 2 is 2.00 bits per heavy atom. The zero-order valence-corrected chi connectivity index (χ0v) is 10.4. The van der Waals surface area contributed by atoms with Crippen molar-refractivity contribution in [1.82, 2.24) is 14.8 Å². The number of hydrogen-bond acceptors (Lipinski definition) is 3. The molecule has 0 saturated carbocycles. The first kappa shape index (κ1) is 11.4. The lowest BCUT2D eigenvalue weighted by atomic mass is 9.92. The van der Waals surface area contributed by atoms with E-state index in [2.05, 4.69) is 45.1 Å². The summed E-state index contributed by atoms with van der Waals surface area (Å²) >= 11 is 0. The monoisotopic (exact) mass is 242 g/mol. The van der Waals surface area contributed by atoms with Crippen LogP contribution in [-0.2, 0) is 19.5 Å². The molecular weight excluding hydrogens is 224 g/mol. The van der Waals surface area contributed by atoms with Crippen molar-refractivity contribution in [3.05, 3.63) is 47.5 Å². The van der Waals surface area contributed by atoms with Gasteiger partial charge in [0.25, 0.3) is 0 Å². The maximum absolute atomic E-state index is 5.69. The van der Waals surface area contributed by atoms with Crippen molar-refractivity contribution in [2.75, 3.05) is 0 Å². The normalized spacial score (nSPS) is 19.3. The van der Waals surface area contributed by atoms with E-state index >= 15 is 0 Å². The second-order valence-electron chi connectivity index (χ2n) is 4.82. The summed E-state index contributed by atoms with van der Waals surface area (Å²) in [5, 5.41) is 8.39. The minimum Gasteiger partial charge on any atom is -0.324 e. The van der Waals surface area contributed by atoms with Crippen molar-refractivity contribution in [2.45, 2.75) is 38.3 Å². The Hall–Kier alpha value is -1.68. The van der Waals surface area contributed by atoms with Crippen LogP contribution in [0, 0.1) is 0 Å². The Morgan fingerprint density at radius 1 is 1.17 bits per heavy atom. The molecule has 0 amide bonds. The van der Waals surface area contributed by atoms with Crippen molar-refractivity contribution in [1.29, 1.82) is 0 Å². The maximum Gasteiger partial charge on any atom is 0.146 e. The lowest BCUT2D eigenvalue weighted by molar-refractivity contribution is 0.548. The number of fused-ring (bicyclic) bond motifs is 1. The standard InChI is InChI=1S/C14H18N4/c15-10-14-17-16-13-7-6-12(8-9-18(13)14)11-4-2-1-3-5-11/h1-5,12H,6-10,15H2. The molecule has 4 heteroatoms. The predicted octanol–water partition coefficient (Wildman–Crippen LogP) is 1.86. The summed E-state index contributed by atoms with van der Waals surface area (Å²) in [4.78, 5) is 0. The third-order valence-corrected chi connectivity index (χ3v) is 3.78. The zero-order valence-electron chi connectivity index (χ0n) is 10.4. The first-order valence-electron chi connectivity index (χ1n) is 6.54. The summed E-state index contributed by atoms with van der Waals surface area (Å²) in [7, 11) is 0. The van der Waals surface area contributed by atoms with E-state index < -0.39 is 0 Å². The summed E-state index contributed by atoms with van der Waals surface area (Å²) in [6.45, 7) is 1.46. The van der Waals surface area contributed by atoms with Crippen LogP contribution >= 0.6 is 0 Å². The van der Waals surface area contributed by atoms with E-state index in [1.165, 1.54) is 5.56 Å². The number of benzene rings is 1. The van der Waals surface area contributed by atoms with Gasteiger partial charge in [-0.15, -0.1) is 10.2 Å². The topological polar surface area (TPSA) is 56.7 Å². The van der Waals surface area contributed by atoms with Gasteiger partial charge in [0.1, 0.15) is 11.6 Å². The summed E-state index contributed by atoms with van der Waals surface area (Å²) in [6, 6.07) is 10.8. The fourth-order valence-electron chi connectivity index (χ4n) is 2.76. The van der Waals surface area contributed by atoms with Gasteiger partial charge in [0, 0.05) is 13.0 Å². The van der Waals surface area contributed by atoms with Gasteiger partial charge in [0.2, 0.25) is 0 Å². The molecule has 0 saturated heterocycles. The number of aromatic nitrogens is 3. The number of hydrogen-bond donors (Lipinski definition) is 1. The smallest absolute Gasteiger partial charge is 0.146 e. The number of aryl methyl sites for hydroxylation is 1. The quantitative estimate of drug-likeness (QED) is 0.874. The molecule has 1 aliphatic heterocycles. The molecule has 2 heterocycles. The van der Waals surface area contributed by atoms with Crippen molar-refractivity contribution < 1.29 is 0 Å². The van der Waals surface area contributed by atoms with Gasteiger partial charge in [0.05, 0.1) is 6.54 Å². The third-order valence-electron chi connectivity index (χ3n) is 3.78. The van der Waals surface area contributed by atoms with Gasteiger partial charge in [-0.25, -0.2) is 0 Å². The molecule has 0 spiro atoms. The first-order chi connectivity index (χ1) is 8.88. The molecule has 0 fully saturated rings. The fraction of sp³-hybridized carbons (Fsp3) is 0.429. The summed E-state index contributed by atoms with van der Waals surface area (Å²) in [5.74, 6) is 2.63. The Kier molecular flexibility index (Phi) is 3.11. The van der Waals surface area contributed by atoms with E-state index in [0.717, 1.165) is 37.5 Å². The minimum absolute atomic E-state index is 0.475. The Balaban J connectivity index is 1.81. The molecule has 3 rings (SSSR count). The molecule has 1 aromatic heterocycles. The van der Waals surface area contributed by atoms with Crippen LogP contribution in [-0.4, -0.2) is 14.8 Å². The highest BCUT2D eigenvalue weighted by Crippen LogP contribution is 2.28. The van der Waals surface area contributed by atoms with Gasteiger partial charge in [0.15, 0.2) is 0 Å². The maximum atomic E-state index is 5.69. The van der Waals surface area contributed by atoms with E-state index in [1.807, 2.05) is 0 Å². The van der Waals surface area contributed by atoms with Crippen molar-refractivity contribution in [3.8, 4) is 0 Å². The molecule has 0 aliphatic carbocycles. The Morgan fingerprint density at radius 3 is 2.78 bits per heavy atom. The van der Waals surface area contributed by atoms with Gasteiger partial charge >= 0.3 is 0 Å². The van der Waals surface area contributed by atoms with Crippen LogP contribution in [0.1, 0.15) is 36.0 Å². The van der Waals surface area contributed by atoms with Gasteiger partial charge < -0.3 is 10.3 Å². The van der Waals surface area contributed by atoms with E-state index in [9.17, 15) is 0 Å². The lowest BCUT2D eigenvalue weighted by Gasteiger charge is -2.14. The van der Waals surface area contributed by atoms with Crippen molar-refractivity contribution in [2.24, 2.45) is 5.73 Å². The van der Waals surface area contributed by atoms with E-state index in [0.29, 0.717) is 12.5 Å². The molecule has 4 nitrogen and oxygen atoms in total. The second kappa shape index (κ2) is 4.90. The van der Waals surface area contributed by atoms with Crippen LogP contribution in [0.4, 0.5) is 0 Å². The van der Waals surface area contributed by atoms with Crippen LogP contribution in [0.5, 0.6) is 0 Å². The van der Waals surface area contributed by atoms with Gasteiger partial charge in [-0.1, -0.05) is 30.3 Å². The largest absolute Gasteiger partial charge is 0.324 e. The van der Waals surface area contributed by atoms with Crippen LogP contribution in [0.15, 0.2) is 30.3 Å². The average molecular weight is 242 g/mol. The molecule has 1 aromatic carbocycles. The number of nitrogens with two attached hydrogens (primary N) is 1.